The number of anilines is 1. The molecular weight excluding hydrogens is 327 g/mol. The number of hydrogen-bond donors (Lipinski definition) is 1. The van der Waals surface area contributed by atoms with Crippen LogP contribution < -0.4 is 5.73 Å². The molecule has 1 aliphatic carbocycles. The molecule has 26 heavy (non-hydrogen) atoms. The maximum absolute atomic E-state index is 14.8. The summed E-state index contributed by atoms with van der Waals surface area (Å²) in [6.45, 7) is 3.79. The Kier molecular flexibility index (Phi) is 3.83. The van der Waals surface area contributed by atoms with Crippen molar-refractivity contribution in [1.29, 1.82) is 0 Å². The fourth-order valence-corrected chi connectivity index (χ4v) is 4.11. The van der Waals surface area contributed by atoms with Gasteiger partial charge in [0.05, 0.1) is 5.69 Å². The third-order valence-corrected chi connectivity index (χ3v) is 5.63. The van der Waals surface area contributed by atoms with Crippen molar-refractivity contribution in [1.82, 2.24) is 14.5 Å². The van der Waals surface area contributed by atoms with Crippen molar-refractivity contribution in [3.05, 3.63) is 76.1 Å². The lowest BCUT2D eigenvalue weighted by atomic mass is 9.74. The highest BCUT2D eigenvalue weighted by Gasteiger charge is 2.43. The lowest BCUT2D eigenvalue weighted by molar-refractivity contribution is 0.493. The quantitative estimate of drug-likeness (QED) is 0.785. The molecule has 0 aliphatic heterocycles. The Morgan fingerprint density at radius 3 is 2.69 bits per heavy atom. The van der Waals surface area contributed by atoms with E-state index in [4.69, 9.17) is 5.73 Å². The van der Waals surface area contributed by atoms with Crippen LogP contribution in [0.5, 0.6) is 0 Å². The Morgan fingerprint density at radius 1 is 1.23 bits per heavy atom. The molecule has 0 spiro atoms. The van der Waals surface area contributed by atoms with Crippen molar-refractivity contribution in [2.24, 2.45) is 7.05 Å². The van der Waals surface area contributed by atoms with Crippen molar-refractivity contribution in [3.63, 3.8) is 0 Å². The number of rotatable bonds is 3. The first kappa shape index (κ1) is 16.8. The first-order chi connectivity index (χ1) is 12.4. The second-order valence-corrected chi connectivity index (χ2v) is 7.38. The molecule has 0 fully saturated rings. The number of hydrogen-bond acceptors (Lipinski definition) is 3. The Hall–Kier alpha value is -2.69. The largest absolute Gasteiger partial charge is 0.369 e. The van der Waals surface area contributed by atoms with Crippen LogP contribution in [0.25, 0.3) is 0 Å². The third kappa shape index (κ3) is 2.50. The number of nitrogens with zero attached hydrogens (tertiary/aromatic N) is 3. The van der Waals surface area contributed by atoms with E-state index in [0.717, 1.165) is 40.9 Å². The average molecular weight is 350 g/mol. The Labute approximate surface area is 152 Å². The van der Waals surface area contributed by atoms with E-state index in [1.165, 1.54) is 0 Å². The molecule has 5 heteroatoms. The number of aryl methyl sites for hydroxylation is 3. The molecule has 4 rings (SSSR count). The zero-order chi connectivity index (χ0) is 18.5. The van der Waals surface area contributed by atoms with Crippen LogP contribution in [0.15, 0.2) is 36.7 Å². The molecule has 3 aromatic rings. The van der Waals surface area contributed by atoms with Gasteiger partial charge >= 0.3 is 0 Å². The minimum Gasteiger partial charge on any atom is -0.369 e. The monoisotopic (exact) mass is 350 g/mol. The van der Waals surface area contributed by atoms with Crippen molar-refractivity contribution >= 4 is 5.95 Å². The minimum atomic E-state index is -0.379. The summed E-state index contributed by atoms with van der Waals surface area (Å²) in [5, 5.41) is 0. The van der Waals surface area contributed by atoms with Crippen molar-refractivity contribution < 1.29 is 4.39 Å². The molecule has 2 aromatic heterocycles. The van der Waals surface area contributed by atoms with E-state index < -0.39 is 0 Å². The van der Waals surface area contributed by atoms with Crippen LogP contribution in [0.2, 0.25) is 0 Å². The third-order valence-electron chi connectivity index (χ3n) is 5.63. The molecule has 1 aromatic carbocycles. The zero-order valence-corrected chi connectivity index (χ0v) is 15.4. The standard InChI is InChI=1S/C21H23FN4/c1-13-4-7-17-16(19(13)22)8-9-21(17,18-12-26(3)20(23)25-18)10-15-6-5-14(2)24-11-15/h4-7,11-12H,8-10H2,1-3H3,(H2,23,25). The fraction of sp³-hybridized carbons (Fsp3) is 0.333. The van der Waals surface area contributed by atoms with E-state index >= 15 is 0 Å². The highest BCUT2D eigenvalue weighted by molar-refractivity contribution is 5.50. The molecule has 1 atom stereocenters. The highest BCUT2D eigenvalue weighted by Crippen LogP contribution is 2.47. The molecule has 4 nitrogen and oxygen atoms in total. The summed E-state index contributed by atoms with van der Waals surface area (Å²) < 4.78 is 16.6. The van der Waals surface area contributed by atoms with E-state index in [0.29, 0.717) is 17.9 Å². The lowest BCUT2D eigenvalue weighted by Crippen LogP contribution is -2.28. The summed E-state index contributed by atoms with van der Waals surface area (Å²) in [6.07, 6.45) is 6.13. The van der Waals surface area contributed by atoms with Crippen molar-refractivity contribution in [2.75, 3.05) is 5.73 Å². The normalized spacial score (nSPS) is 18.9. The number of imidazole rings is 1. The van der Waals surface area contributed by atoms with Gasteiger partial charge in [-0.1, -0.05) is 18.2 Å². The molecular formula is C21H23FN4. The number of pyridine rings is 1. The van der Waals surface area contributed by atoms with Crippen LogP contribution in [0, 0.1) is 19.7 Å². The van der Waals surface area contributed by atoms with Gasteiger partial charge in [-0.3, -0.25) is 4.98 Å². The first-order valence-electron chi connectivity index (χ1n) is 8.90. The van der Waals surface area contributed by atoms with Crippen LogP contribution in [0.3, 0.4) is 0 Å². The van der Waals surface area contributed by atoms with Gasteiger partial charge in [0.15, 0.2) is 5.95 Å². The highest BCUT2D eigenvalue weighted by atomic mass is 19.1. The minimum absolute atomic E-state index is 0.0877. The van der Waals surface area contributed by atoms with E-state index in [1.807, 2.05) is 50.0 Å². The number of aromatic nitrogens is 3. The zero-order valence-electron chi connectivity index (χ0n) is 15.4. The van der Waals surface area contributed by atoms with Crippen LogP contribution in [-0.2, 0) is 25.3 Å². The Balaban J connectivity index is 1.90. The van der Waals surface area contributed by atoms with Crippen LogP contribution in [0.4, 0.5) is 10.3 Å². The molecule has 0 amide bonds. The van der Waals surface area contributed by atoms with Crippen LogP contribution >= 0.6 is 0 Å². The van der Waals surface area contributed by atoms with E-state index in [2.05, 4.69) is 22.1 Å². The summed E-state index contributed by atoms with van der Waals surface area (Å²) in [6, 6.07) is 8.04. The maximum atomic E-state index is 14.8. The molecule has 0 saturated carbocycles. The molecule has 0 saturated heterocycles. The summed E-state index contributed by atoms with van der Waals surface area (Å²) in [5.41, 5.74) is 11.2. The number of nitrogens with two attached hydrogens (primary N) is 1. The summed E-state index contributed by atoms with van der Waals surface area (Å²) in [7, 11) is 1.89. The Bertz CT molecular complexity index is 955. The molecule has 0 radical (unpaired) electrons. The van der Waals surface area contributed by atoms with Gasteiger partial charge in [-0.15, -0.1) is 0 Å². The van der Waals surface area contributed by atoms with Gasteiger partial charge in [-0.25, -0.2) is 9.37 Å². The molecule has 2 heterocycles. The van der Waals surface area contributed by atoms with E-state index in [9.17, 15) is 4.39 Å². The molecule has 2 N–H and O–H groups in total. The predicted molar refractivity (Wildman–Crippen MR) is 101 cm³/mol. The van der Waals surface area contributed by atoms with Gasteiger partial charge in [0, 0.05) is 30.6 Å². The summed E-state index contributed by atoms with van der Waals surface area (Å²) in [5.74, 6) is 0.387. The topological polar surface area (TPSA) is 56.7 Å². The van der Waals surface area contributed by atoms with Crippen molar-refractivity contribution in [2.45, 2.75) is 38.5 Å². The van der Waals surface area contributed by atoms with E-state index in [1.54, 1.807) is 0 Å². The lowest BCUT2D eigenvalue weighted by Gasteiger charge is -2.29. The smallest absolute Gasteiger partial charge is 0.200 e. The average Bonchev–Trinajstić information content (AvgIpc) is 3.15. The fourth-order valence-electron chi connectivity index (χ4n) is 4.11. The Morgan fingerprint density at radius 2 is 2.04 bits per heavy atom. The van der Waals surface area contributed by atoms with Crippen molar-refractivity contribution in [3.8, 4) is 0 Å². The van der Waals surface area contributed by atoms with Gasteiger partial charge in [0.1, 0.15) is 5.82 Å². The van der Waals surface area contributed by atoms with Gasteiger partial charge in [-0.2, -0.15) is 0 Å². The van der Waals surface area contributed by atoms with Crippen LogP contribution in [0.1, 0.15) is 40.1 Å². The summed E-state index contributed by atoms with van der Waals surface area (Å²) >= 11 is 0. The van der Waals surface area contributed by atoms with Crippen LogP contribution in [-0.4, -0.2) is 14.5 Å². The maximum Gasteiger partial charge on any atom is 0.200 e. The molecule has 0 bridgehead atoms. The molecule has 1 aliphatic rings. The second kappa shape index (κ2) is 5.94. The number of benzene rings is 1. The number of fused-ring (bicyclic) bond motifs is 1. The van der Waals surface area contributed by atoms with E-state index in [-0.39, 0.29) is 11.2 Å². The SMILES string of the molecule is Cc1ccc(CC2(c3cn(C)c(N)n3)CCc3c2ccc(C)c3F)cn1. The van der Waals surface area contributed by atoms with Gasteiger partial charge in [0.2, 0.25) is 0 Å². The molecule has 1 unspecified atom stereocenters. The van der Waals surface area contributed by atoms with Gasteiger partial charge < -0.3 is 10.3 Å². The molecule has 134 valence electrons. The summed E-state index contributed by atoms with van der Waals surface area (Å²) in [4.78, 5) is 9.06. The first-order valence-corrected chi connectivity index (χ1v) is 8.90. The van der Waals surface area contributed by atoms with Gasteiger partial charge in [-0.05, 0) is 61.4 Å². The number of nitrogen functional groups attached to an aromatic ring is 1. The van der Waals surface area contributed by atoms with Gasteiger partial charge in [0.25, 0.3) is 0 Å². The second-order valence-electron chi connectivity index (χ2n) is 7.38. The predicted octanol–water partition coefficient (Wildman–Crippen LogP) is 3.63. The number of halogens is 1.